The molecule has 12 nitrogen and oxygen atoms in total. The van der Waals surface area contributed by atoms with Crippen molar-refractivity contribution < 1.29 is 27.4 Å². The molecule has 2 aliphatic rings. The molecule has 1 aromatic carbocycles. The zero-order valence-corrected chi connectivity index (χ0v) is 22.1. The zero-order chi connectivity index (χ0) is 26.1. The Morgan fingerprint density at radius 2 is 1.69 bits per heavy atom. The second kappa shape index (κ2) is 9.87. The number of nitrogens with zero attached hydrogens (tertiary/aromatic N) is 4. The summed E-state index contributed by atoms with van der Waals surface area (Å²) in [5.41, 5.74) is -0.270. The summed E-state index contributed by atoms with van der Waals surface area (Å²) in [7, 11) is -0.841. The van der Waals surface area contributed by atoms with Gasteiger partial charge in [0.25, 0.3) is 0 Å². The minimum atomic E-state index is -4.03. The molecule has 198 valence electrons. The van der Waals surface area contributed by atoms with Crippen LogP contribution in [0.1, 0.15) is 33.6 Å². The fourth-order valence-electron chi connectivity index (χ4n) is 4.44. The van der Waals surface area contributed by atoms with Crippen molar-refractivity contribution in [3.8, 4) is 11.5 Å². The molecule has 2 N–H and O–H groups in total. The van der Waals surface area contributed by atoms with Gasteiger partial charge in [-0.2, -0.15) is 13.1 Å². The van der Waals surface area contributed by atoms with Gasteiger partial charge in [0.05, 0.1) is 19.7 Å². The summed E-state index contributed by atoms with van der Waals surface area (Å²) in [5.74, 6) is 2.05. The molecule has 0 unspecified atom stereocenters. The Morgan fingerprint density at radius 3 is 2.28 bits per heavy atom. The lowest BCUT2D eigenvalue weighted by Crippen LogP contribution is -2.56. The number of rotatable bonds is 8. The van der Waals surface area contributed by atoms with Crippen LogP contribution in [0.5, 0.6) is 11.5 Å². The monoisotopic (exact) mass is 522 g/mol. The van der Waals surface area contributed by atoms with Gasteiger partial charge in [-0.05, 0) is 39.7 Å². The first-order valence-electron chi connectivity index (χ1n) is 11.8. The lowest BCUT2D eigenvalue weighted by molar-refractivity contribution is 0.0569. The van der Waals surface area contributed by atoms with Crippen molar-refractivity contribution in [2.24, 2.45) is 0 Å². The van der Waals surface area contributed by atoms with E-state index in [1.807, 2.05) is 16.9 Å². The summed E-state index contributed by atoms with van der Waals surface area (Å²) in [6.07, 6.45) is 2.31. The van der Waals surface area contributed by atoms with Crippen molar-refractivity contribution in [2.45, 2.75) is 44.8 Å². The third kappa shape index (κ3) is 5.90. The Hall–Kier alpha value is -2.90. The Labute approximate surface area is 211 Å². The molecule has 1 saturated heterocycles. The van der Waals surface area contributed by atoms with Gasteiger partial charge in [-0.3, -0.25) is 4.90 Å². The second-order valence-corrected chi connectivity index (χ2v) is 11.5. The summed E-state index contributed by atoms with van der Waals surface area (Å²) in [4.78, 5) is 25.3. The summed E-state index contributed by atoms with van der Waals surface area (Å²) in [6.45, 7) is 8.18. The third-order valence-corrected chi connectivity index (χ3v) is 7.36. The fourth-order valence-corrected chi connectivity index (χ4v) is 5.23. The topological polar surface area (TPSA) is 135 Å². The van der Waals surface area contributed by atoms with E-state index in [1.165, 1.54) is 0 Å². The molecule has 0 radical (unpaired) electrons. The number of benzene rings is 1. The highest BCUT2D eigenvalue weighted by Gasteiger charge is 2.49. The van der Waals surface area contributed by atoms with Crippen LogP contribution in [0, 0.1) is 0 Å². The molecule has 2 aromatic rings. The molecule has 13 heteroatoms. The van der Waals surface area contributed by atoms with Gasteiger partial charge in [-0.1, -0.05) is 0 Å². The summed E-state index contributed by atoms with van der Waals surface area (Å²) >= 11 is 0. The maximum Gasteiger partial charge on any atom is 0.422 e. The average Bonchev–Trinajstić information content (AvgIpc) is 3.61. The first-order valence-corrected chi connectivity index (χ1v) is 13.3. The van der Waals surface area contributed by atoms with Crippen LogP contribution in [0.3, 0.4) is 0 Å². The molecular formula is C23H34N6O6S. The predicted octanol–water partition coefficient (Wildman–Crippen LogP) is 1.66. The number of methoxy groups -OCH3 is 2. The van der Waals surface area contributed by atoms with Gasteiger partial charge in [0.1, 0.15) is 17.7 Å². The number of hydrogen-bond acceptors (Lipinski definition) is 10. The minimum absolute atomic E-state index is 0.221. The third-order valence-electron chi connectivity index (χ3n) is 6.40. The first kappa shape index (κ1) is 26.2. The number of aromatic nitrogens is 2. The van der Waals surface area contributed by atoms with Gasteiger partial charge in [-0.25, -0.2) is 19.5 Å². The van der Waals surface area contributed by atoms with Crippen molar-refractivity contribution in [1.82, 2.24) is 24.3 Å². The molecule has 2 fully saturated rings. The van der Waals surface area contributed by atoms with E-state index in [2.05, 4.69) is 24.5 Å². The largest absolute Gasteiger partial charge is 0.493 e. The summed E-state index contributed by atoms with van der Waals surface area (Å²) in [5, 5.41) is 0.880. The van der Waals surface area contributed by atoms with Crippen LogP contribution in [0.15, 0.2) is 18.5 Å². The predicted molar refractivity (Wildman–Crippen MR) is 135 cm³/mol. The van der Waals surface area contributed by atoms with Gasteiger partial charge in [0.15, 0.2) is 11.5 Å². The summed E-state index contributed by atoms with van der Waals surface area (Å²) in [6, 6.07) is 3.73. The molecule has 36 heavy (non-hydrogen) atoms. The molecule has 1 aliphatic heterocycles. The minimum Gasteiger partial charge on any atom is -0.493 e. The Balaban J connectivity index is 1.38. The van der Waals surface area contributed by atoms with Crippen LogP contribution in [0.4, 0.5) is 10.6 Å². The van der Waals surface area contributed by atoms with Crippen molar-refractivity contribution in [1.29, 1.82) is 0 Å². The molecule has 2 heterocycles. The van der Waals surface area contributed by atoms with E-state index in [-0.39, 0.29) is 12.1 Å². The fraction of sp³-hybridized carbons (Fsp3) is 0.609. The number of anilines is 1. The highest BCUT2D eigenvalue weighted by atomic mass is 32.2. The molecule has 4 rings (SSSR count). The van der Waals surface area contributed by atoms with E-state index in [9.17, 15) is 13.2 Å². The van der Waals surface area contributed by atoms with Crippen molar-refractivity contribution in [3.05, 3.63) is 18.5 Å². The van der Waals surface area contributed by atoms with Gasteiger partial charge in [-0.15, -0.1) is 0 Å². The maximum absolute atomic E-state index is 12.4. The van der Waals surface area contributed by atoms with E-state index in [0.717, 1.165) is 55.7 Å². The molecule has 1 aliphatic carbocycles. The van der Waals surface area contributed by atoms with Crippen LogP contribution >= 0.6 is 0 Å². The number of hydrogen-bond donors (Lipinski definition) is 2. The first-order chi connectivity index (χ1) is 17.0. The number of fused-ring (bicyclic) bond motifs is 1. The smallest absolute Gasteiger partial charge is 0.422 e. The van der Waals surface area contributed by atoms with Crippen LogP contribution < -0.4 is 23.8 Å². The van der Waals surface area contributed by atoms with Crippen LogP contribution in [0.25, 0.3) is 10.9 Å². The SMILES string of the molecule is COc1cc2ncnc(N3CCN(C4(CNS(=O)(=O)NC(=O)OC(C)(C)C)CC4)CC3)c2cc1OC. The average molecular weight is 523 g/mol. The normalized spacial score (nSPS) is 18.1. The highest BCUT2D eigenvalue weighted by molar-refractivity contribution is 7.88. The van der Waals surface area contributed by atoms with Crippen molar-refractivity contribution in [3.63, 3.8) is 0 Å². The Kier molecular flexibility index (Phi) is 7.17. The van der Waals surface area contributed by atoms with E-state index < -0.39 is 21.9 Å². The number of nitrogens with one attached hydrogen (secondary N) is 2. The lowest BCUT2D eigenvalue weighted by Gasteiger charge is -2.40. The number of piperazine rings is 1. The molecular weight excluding hydrogens is 488 g/mol. The number of carbonyl (C=O) groups excluding carboxylic acids is 1. The van der Waals surface area contributed by atoms with Gasteiger partial charge < -0.3 is 19.1 Å². The standard InChI is InChI=1S/C23H34N6O6S/c1-22(2,3)35-21(30)27-36(31,32)26-14-23(6-7-23)29-10-8-28(9-11-29)20-16-12-18(33-4)19(34-5)13-17(16)24-15-25-20/h12-13,15,26H,6-11,14H2,1-5H3,(H,27,30). The quantitative estimate of drug-likeness (QED) is 0.527. The molecule has 0 spiro atoms. The number of amides is 1. The van der Waals surface area contributed by atoms with Gasteiger partial charge in [0.2, 0.25) is 0 Å². The Bertz CT molecular complexity index is 1220. The number of ether oxygens (including phenoxy) is 3. The van der Waals surface area contributed by atoms with E-state index in [4.69, 9.17) is 14.2 Å². The van der Waals surface area contributed by atoms with Gasteiger partial charge in [0, 0.05) is 49.7 Å². The van der Waals surface area contributed by atoms with Crippen molar-refractivity contribution in [2.75, 3.05) is 51.8 Å². The van der Waals surface area contributed by atoms with E-state index in [0.29, 0.717) is 11.5 Å². The molecule has 1 saturated carbocycles. The van der Waals surface area contributed by atoms with Crippen LogP contribution in [-0.4, -0.2) is 87.5 Å². The lowest BCUT2D eigenvalue weighted by atomic mass is 10.1. The second-order valence-electron chi connectivity index (χ2n) is 10.0. The van der Waals surface area contributed by atoms with E-state index in [1.54, 1.807) is 41.3 Å². The molecule has 1 aromatic heterocycles. The Morgan fingerprint density at radius 1 is 1.06 bits per heavy atom. The molecule has 0 bridgehead atoms. The zero-order valence-electron chi connectivity index (χ0n) is 21.3. The molecule has 1 amide bonds. The van der Waals surface area contributed by atoms with Crippen LogP contribution in [0.2, 0.25) is 0 Å². The van der Waals surface area contributed by atoms with E-state index >= 15 is 0 Å². The molecule has 0 atom stereocenters. The highest BCUT2D eigenvalue weighted by Crippen LogP contribution is 2.42. The number of carbonyl (C=O) groups is 1. The van der Waals surface area contributed by atoms with Crippen molar-refractivity contribution >= 4 is 33.0 Å². The van der Waals surface area contributed by atoms with Gasteiger partial charge >= 0.3 is 16.3 Å². The van der Waals surface area contributed by atoms with Crippen LogP contribution in [-0.2, 0) is 14.9 Å². The maximum atomic E-state index is 12.4. The summed E-state index contributed by atoms with van der Waals surface area (Å²) < 4.78 is 45.1.